The van der Waals surface area contributed by atoms with Gasteiger partial charge in [0, 0.05) is 24.4 Å². The molecule has 0 spiro atoms. The van der Waals surface area contributed by atoms with Gasteiger partial charge in [-0.05, 0) is 62.1 Å². The summed E-state index contributed by atoms with van der Waals surface area (Å²) in [7, 11) is 0. The number of nitrogens with zero attached hydrogens (tertiary/aromatic N) is 3. The molecule has 0 unspecified atom stereocenters. The van der Waals surface area contributed by atoms with Gasteiger partial charge in [-0.3, -0.25) is 0 Å². The number of hydrogen-bond acceptors (Lipinski definition) is 4. The first kappa shape index (κ1) is 17.6. The maximum Gasteiger partial charge on any atom is 0.137 e. The highest BCUT2D eigenvalue weighted by atomic mass is 16.5. The van der Waals surface area contributed by atoms with E-state index in [9.17, 15) is 0 Å². The zero-order valence-corrected chi connectivity index (χ0v) is 14.9. The Balaban J connectivity index is 1.74. The van der Waals surface area contributed by atoms with Crippen LogP contribution in [0.1, 0.15) is 31.7 Å². The molecule has 2 aliphatic heterocycles. The first-order valence-electron chi connectivity index (χ1n) is 8.85. The van der Waals surface area contributed by atoms with Crippen molar-refractivity contribution in [2.24, 2.45) is 0 Å². The van der Waals surface area contributed by atoms with Crippen LogP contribution in [0, 0.1) is 22.7 Å². The molecule has 3 rings (SSSR count). The molecule has 1 saturated heterocycles. The van der Waals surface area contributed by atoms with Crippen molar-refractivity contribution in [3.8, 4) is 12.1 Å². The van der Waals surface area contributed by atoms with E-state index in [1.807, 2.05) is 24.3 Å². The Morgan fingerprint density at radius 3 is 2.35 bits per heavy atom. The lowest BCUT2D eigenvalue weighted by molar-refractivity contribution is 0.318. The number of anilines is 1. The Morgan fingerprint density at radius 2 is 1.69 bits per heavy atom. The summed E-state index contributed by atoms with van der Waals surface area (Å²) in [6, 6.07) is 12.3. The van der Waals surface area contributed by atoms with E-state index in [1.165, 1.54) is 24.9 Å². The van der Waals surface area contributed by atoms with E-state index in [2.05, 4.69) is 29.2 Å². The molecule has 1 aromatic rings. The molecule has 4 nitrogen and oxygen atoms in total. The third kappa shape index (κ3) is 4.23. The summed E-state index contributed by atoms with van der Waals surface area (Å²) < 4.78 is 5.67. The Kier molecular flexibility index (Phi) is 5.56. The number of hydrogen-bond donors (Lipinski definition) is 0. The minimum absolute atomic E-state index is 0.0874. The van der Waals surface area contributed by atoms with Gasteiger partial charge in [0.15, 0.2) is 0 Å². The van der Waals surface area contributed by atoms with Gasteiger partial charge < -0.3 is 9.64 Å². The number of ether oxygens (including phenoxy) is 1. The highest BCUT2D eigenvalue weighted by Crippen LogP contribution is 2.24. The summed E-state index contributed by atoms with van der Waals surface area (Å²) in [4.78, 5) is 2.43. The monoisotopic (exact) mass is 343 g/mol. The lowest BCUT2D eigenvalue weighted by Gasteiger charge is -2.28. The van der Waals surface area contributed by atoms with Gasteiger partial charge in [0.25, 0.3) is 0 Å². The van der Waals surface area contributed by atoms with Crippen molar-refractivity contribution >= 4 is 11.8 Å². The van der Waals surface area contributed by atoms with Crippen LogP contribution in [-0.4, -0.2) is 13.1 Å². The van der Waals surface area contributed by atoms with Gasteiger partial charge in [-0.2, -0.15) is 10.5 Å². The van der Waals surface area contributed by atoms with Crippen molar-refractivity contribution in [2.75, 3.05) is 18.0 Å². The molecule has 4 heteroatoms. The van der Waals surface area contributed by atoms with Crippen LogP contribution in [0.3, 0.4) is 0 Å². The molecular weight excluding hydrogens is 322 g/mol. The second-order valence-electron chi connectivity index (χ2n) is 6.43. The van der Waals surface area contributed by atoms with Crippen molar-refractivity contribution in [3.05, 3.63) is 70.7 Å². The molecule has 0 radical (unpaired) electrons. The zero-order valence-electron chi connectivity index (χ0n) is 14.9. The fraction of sp³-hybridized carbons (Fsp3) is 0.273. The topological polar surface area (TPSA) is 60.0 Å². The van der Waals surface area contributed by atoms with Gasteiger partial charge in [-0.25, -0.2) is 0 Å². The van der Waals surface area contributed by atoms with Crippen LogP contribution in [0.25, 0.3) is 6.08 Å². The Labute approximate surface area is 154 Å². The van der Waals surface area contributed by atoms with Gasteiger partial charge in [0.05, 0.1) is 0 Å². The minimum Gasteiger partial charge on any atom is -0.462 e. The normalized spacial score (nSPS) is 17.0. The van der Waals surface area contributed by atoms with Crippen molar-refractivity contribution in [2.45, 2.75) is 26.2 Å². The van der Waals surface area contributed by atoms with E-state index in [4.69, 9.17) is 15.3 Å². The van der Waals surface area contributed by atoms with Crippen LogP contribution in [0.4, 0.5) is 5.69 Å². The van der Waals surface area contributed by atoms with Crippen LogP contribution in [-0.2, 0) is 4.74 Å². The minimum atomic E-state index is 0.0874. The fourth-order valence-electron chi connectivity index (χ4n) is 3.17. The molecular formula is C22H21N3O. The average molecular weight is 343 g/mol. The van der Waals surface area contributed by atoms with E-state index in [-0.39, 0.29) is 5.57 Å². The lowest BCUT2D eigenvalue weighted by atomic mass is 10.1. The molecule has 0 atom stereocenters. The summed E-state index contributed by atoms with van der Waals surface area (Å²) in [5, 5.41) is 18.1. The number of rotatable bonds is 3. The molecule has 0 aliphatic carbocycles. The quantitative estimate of drug-likeness (QED) is 0.736. The molecule has 1 aromatic carbocycles. The summed E-state index contributed by atoms with van der Waals surface area (Å²) in [5.41, 5.74) is 3.02. The number of piperidine rings is 1. The van der Waals surface area contributed by atoms with Crippen LogP contribution >= 0.6 is 0 Å². The number of nitriles is 2. The molecule has 2 aliphatic rings. The highest BCUT2D eigenvalue weighted by Gasteiger charge is 2.11. The average Bonchev–Trinajstić information content (AvgIpc) is 2.68. The molecule has 0 N–H and O–H groups in total. The maximum atomic E-state index is 9.04. The highest BCUT2D eigenvalue weighted by molar-refractivity contribution is 5.59. The first-order chi connectivity index (χ1) is 12.7. The van der Waals surface area contributed by atoms with Crippen LogP contribution in [0.15, 0.2) is 65.2 Å². The molecule has 130 valence electrons. The molecule has 0 amide bonds. The fourth-order valence-corrected chi connectivity index (χ4v) is 3.17. The van der Waals surface area contributed by atoms with Crippen LogP contribution < -0.4 is 4.90 Å². The molecule has 0 saturated carbocycles. The van der Waals surface area contributed by atoms with Crippen LogP contribution in [0.2, 0.25) is 0 Å². The zero-order chi connectivity index (χ0) is 18.4. The SMILES string of the molecule is CC1=CC(=C(C#N)C#N)C=C(/C=C/c2ccc(N3CCCCC3)cc2)O1. The van der Waals surface area contributed by atoms with Gasteiger partial charge in [-0.15, -0.1) is 0 Å². The lowest BCUT2D eigenvalue weighted by Crippen LogP contribution is -2.29. The number of benzene rings is 1. The van der Waals surface area contributed by atoms with Crippen molar-refractivity contribution in [1.29, 1.82) is 10.5 Å². The summed E-state index contributed by atoms with van der Waals surface area (Å²) in [6.07, 6.45) is 11.1. The molecule has 0 bridgehead atoms. The Hall–Kier alpha value is -3.24. The Morgan fingerprint density at radius 1 is 1.00 bits per heavy atom. The first-order valence-corrected chi connectivity index (χ1v) is 8.85. The smallest absolute Gasteiger partial charge is 0.137 e. The van der Waals surface area contributed by atoms with E-state index < -0.39 is 0 Å². The molecule has 26 heavy (non-hydrogen) atoms. The van der Waals surface area contributed by atoms with E-state index in [1.54, 1.807) is 19.1 Å². The summed E-state index contributed by atoms with van der Waals surface area (Å²) in [5.74, 6) is 1.27. The van der Waals surface area contributed by atoms with Crippen molar-refractivity contribution in [3.63, 3.8) is 0 Å². The third-order valence-electron chi connectivity index (χ3n) is 4.50. The largest absolute Gasteiger partial charge is 0.462 e. The Bertz CT molecular complexity index is 851. The van der Waals surface area contributed by atoms with Gasteiger partial charge in [0.2, 0.25) is 0 Å². The van der Waals surface area contributed by atoms with Crippen molar-refractivity contribution < 1.29 is 4.74 Å². The summed E-state index contributed by atoms with van der Waals surface area (Å²) in [6.45, 7) is 4.08. The van der Waals surface area contributed by atoms with E-state index >= 15 is 0 Å². The van der Waals surface area contributed by atoms with E-state index in [0.717, 1.165) is 18.7 Å². The van der Waals surface area contributed by atoms with Gasteiger partial charge in [0.1, 0.15) is 29.2 Å². The van der Waals surface area contributed by atoms with E-state index in [0.29, 0.717) is 17.1 Å². The second kappa shape index (κ2) is 8.23. The predicted molar refractivity (Wildman–Crippen MR) is 103 cm³/mol. The maximum absolute atomic E-state index is 9.04. The number of allylic oxidation sites excluding steroid dienone is 6. The van der Waals surface area contributed by atoms with Crippen LogP contribution in [0.5, 0.6) is 0 Å². The van der Waals surface area contributed by atoms with Gasteiger partial charge in [-0.1, -0.05) is 18.2 Å². The molecule has 2 heterocycles. The third-order valence-corrected chi connectivity index (χ3v) is 4.50. The van der Waals surface area contributed by atoms with Crippen molar-refractivity contribution in [1.82, 2.24) is 0 Å². The predicted octanol–water partition coefficient (Wildman–Crippen LogP) is 4.85. The standard InChI is InChI=1S/C22H21N3O/c1-17-13-19(20(15-23)16-24)14-22(26-17)10-7-18-5-8-21(9-6-18)25-11-3-2-4-12-25/h5-10,13-14H,2-4,11-12H2,1H3/b10-7+. The second-order valence-corrected chi connectivity index (χ2v) is 6.43. The van der Waals surface area contributed by atoms with Gasteiger partial charge >= 0.3 is 0 Å². The summed E-state index contributed by atoms with van der Waals surface area (Å²) >= 11 is 0. The molecule has 1 fully saturated rings. The molecule has 0 aromatic heterocycles.